The first kappa shape index (κ1) is 10.5. The highest BCUT2D eigenvalue weighted by atomic mass is 16.2. The fourth-order valence-electron chi connectivity index (χ4n) is 2.51. The fraction of sp³-hybridized carbons (Fsp3) is 0.818. The summed E-state index contributed by atoms with van der Waals surface area (Å²) >= 11 is 0. The molecule has 2 aliphatic rings. The fourth-order valence-corrected chi connectivity index (χ4v) is 2.51. The van der Waals surface area contributed by atoms with Gasteiger partial charge in [0.15, 0.2) is 0 Å². The summed E-state index contributed by atoms with van der Waals surface area (Å²) in [5.74, 6) is 0.488. The highest BCUT2D eigenvalue weighted by molar-refractivity contribution is 5.79. The molecule has 2 fully saturated rings. The molecule has 4 nitrogen and oxygen atoms in total. The van der Waals surface area contributed by atoms with Gasteiger partial charge in [0, 0.05) is 38.5 Å². The smallest absolute Gasteiger partial charge is 0.222 e. The second kappa shape index (κ2) is 4.21. The first-order chi connectivity index (χ1) is 7.22. The Morgan fingerprint density at radius 2 is 2.27 bits per heavy atom. The van der Waals surface area contributed by atoms with Crippen LogP contribution in [-0.4, -0.2) is 47.3 Å². The van der Waals surface area contributed by atoms with Crippen molar-refractivity contribution in [2.45, 2.75) is 38.6 Å². The van der Waals surface area contributed by atoms with Gasteiger partial charge in [0.1, 0.15) is 0 Å². The number of piperazine rings is 1. The van der Waals surface area contributed by atoms with Gasteiger partial charge in [-0.15, -0.1) is 0 Å². The summed E-state index contributed by atoms with van der Waals surface area (Å²) in [7, 11) is 0. The van der Waals surface area contributed by atoms with Crippen LogP contribution in [0.25, 0.3) is 0 Å². The molecule has 0 aromatic carbocycles. The number of piperidine rings is 1. The van der Waals surface area contributed by atoms with Gasteiger partial charge in [-0.2, -0.15) is 0 Å². The van der Waals surface area contributed by atoms with Crippen LogP contribution < -0.4 is 0 Å². The largest absolute Gasteiger partial charge is 0.339 e. The van der Waals surface area contributed by atoms with Crippen LogP contribution in [0.4, 0.5) is 0 Å². The van der Waals surface area contributed by atoms with Crippen LogP contribution in [0.2, 0.25) is 0 Å². The molecule has 0 aliphatic carbocycles. The third-order valence-corrected chi connectivity index (χ3v) is 3.39. The molecule has 0 aromatic heterocycles. The molecule has 2 aliphatic heterocycles. The van der Waals surface area contributed by atoms with E-state index in [9.17, 15) is 9.59 Å². The topological polar surface area (TPSA) is 40.6 Å². The van der Waals surface area contributed by atoms with Gasteiger partial charge in [-0.1, -0.05) is 6.92 Å². The molecule has 0 saturated carbocycles. The molecule has 84 valence electrons. The summed E-state index contributed by atoms with van der Waals surface area (Å²) < 4.78 is 0. The van der Waals surface area contributed by atoms with E-state index in [1.165, 1.54) is 0 Å². The maximum atomic E-state index is 11.6. The van der Waals surface area contributed by atoms with Crippen molar-refractivity contribution in [1.29, 1.82) is 0 Å². The minimum absolute atomic E-state index is 0.215. The molecular weight excluding hydrogens is 192 g/mol. The number of fused-ring (bicyclic) bond motifs is 1. The quantitative estimate of drug-likeness (QED) is 0.636. The number of amides is 2. The Morgan fingerprint density at radius 3 is 3.00 bits per heavy atom. The predicted octanol–water partition coefficient (Wildman–Crippen LogP) is 0.620. The van der Waals surface area contributed by atoms with Crippen LogP contribution in [0.3, 0.4) is 0 Å². The van der Waals surface area contributed by atoms with Crippen LogP contribution in [0, 0.1) is 0 Å². The third-order valence-electron chi connectivity index (χ3n) is 3.39. The van der Waals surface area contributed by atoms with Crippen LogP contribution >= 0.6 is 0 Å². The highest BCUT2D eigenvalue weighted by Crippen LogP contribution is 2.22. The molecule has 1 atom stereocenters. The second-order valence-electron chi connectivity index (χ2n) is 4.33. The molecule has 0 bridgehead atoms. The number of carbonyl (C=O) groups excluding carboxylic acids is 2. The van der Waals surface area contributed by atoms with Crippen molar-refractivity contribution in [2.75, 3.05) is 19.6 Å². The van der Waals surface area contributed by atoms with Crippen molar-refractivity contribution < 1.29 is 9.59 Å². The lowest BCUT2D eigenvalue weighted by molar-refractivity contribution is -0.145. The van der Waals surface area contributed by atoms with E-state index in [0.717, 1.165) is 32.5 Å². The number of nitrogens with zero attached hydrogens (tertiary/aromatic N) is 2. The number of rotatable bonds is 1. The molecule has 15 heavy (non-hydrogen) atoms. The van der Waals surface area contributed by atoms with Crippen molar-refractivity contribution in [3.63, 3.8) is 0 Å². The average Bonchev–Trinajstić information content (AvgIpc) is 2.28. The predicted molar refractivity (Wildman–Crippen MR) is 56.2 cm³/mol. The lowest BCUT2D eigenvalue weighted by Gasteiger charge is -2.43. The first-order valence-corrected chi connectivity index (χ1v) is 5.79. The van der Waals surface area contributed by atoms with Crippen LogP contribution in [0.5, 0.6) is 0 Å². The Balaban J connectivity index is 1.99. The summed E-state index contributed by atoms with van der Waals surface area (Å²) in [6.45, 7) is 4.09. The molecule has 0 radical (unpaired) electrons. The molecule has 2 rings (SSSR count). The molecular formula is C11H18N2O2. The SMILES string of the molecule is CCC(=O)N1CCN2C(=O)CCCC2C1. The normalized spacial score (nSPS) is 26.5. The average molecular weight is 210 g/mol. The van der Waals surface area contributed by atoms with Gasteiger partial charge < -0.3 is 9.80 Å². The summed E-state index contributed by atoms with van der Waals surface area (Å²) in [5.41, 5.74) is 0. The van der Waals surface area contributed by atoms with Gasteiger partial charge in [-0.25, -0.2) is 0 Å². The van der Waals surface area contributed by atoms with Crippen molar-refractivity contribution in [2.24, 2.45) is 0 Å². The molecule has 0 N–H and O–H groups in total. The zero-order valence-electron chi connectivity index (χ0n) is 9.24. The van der Waals surface area contributed by atoms with E-state index in [2.05, 4.69) is 0 Å². The van der Waals surface area contributed by atoms with E-state index in [1.807, 2.05) is 16.7 Å². The van der Waals surface area contributed by atoms with Crippen molar-refractivity contribution in [3.05, 3.63) is 0 Å². The molecule has 2 amide bonds. The van der Waals surface area contributed by atoms with Crippen molar-refractivity contribution in [3.8, 4) is 0 Å². The van der Waals surface area contributed by atoms with E-state index in [1.54, 1.807) is 0 Å². The lowest BCUT2D eigenvalue weighted by atomic mass is 9.99. The van der Waals surface area contributed by atoms with Crippen LogP contribution in [-0.2, 0) is 9.59 Å². The lowest BCUT2D eigenvalue weighted by Crippen LogP contribution is -2.57. The Bertz CT molecular complexity index is 278. The Morgan fingerprint density at radius 1 is 1.47 bits per heavy atom. The van der Waals surface area contributed by atoms with Crippen LogP contribution in [0.15, 0.2) is 0 Å². The molecule has 4 heteroatoms. The van der Waals surface area contributed by atoms with Gasteiger partial charge in [-0.05, 0) is 12.8 Å². The standard InChI is InChI=1S/C11H18N2O2/c1-2-10(14)12-6-7-13-9(8-12)4-3-5-11(13)15/h9H,2-8H2,1H3. The Labute approximate surface area is 90.2 Å². The maximum Gasteiger partial charge on any atom is 0.222 e. The Kier molecular flexibility index (Phi) is 2.93. The van der Waals surface area contributed by atoms with Gasteiger partial charge in [0.2, 0.25) is 11.8 Å². The monoisotopic (exact) mass is 210 g/mol. The number of hydrogen-bond acceptors (Lipinski definition) is 2. The molecule has 0 spiro atoms. The summed E-state index contributed by atoms with van der Waals surface area (Å²) in [4.78, 5) is 27.0. The van der Waals surface area contributed by atoms with Crippen LogP contribution in [0.1, 0.15) is 32.6 Å². The van der Waals surface area contributed by atoms with Gasteiger partial charge in [0.05, 0.1) is 0 Å². The van der Waals surface area contributed by atoms with E-state index in [-0.39, 0.29) is 17.9 Å². The molecule has 0 aromatic rings. The third kappa shape index (κ3) is 1.98. The maximum absolute atomic E-state index is 11.6. The molecule has 2 heterocycles. The molecule has 1 unspecified atom stereocenters. The summed E-state index contributed by atoms with van der Waals surface area (Å²) in [5, 5.41) is 0. The number of hydrogen-bond donors (Lipinski definition) is 0. The Hall–Kier alpha value is -1.06. The van der Waals surface area contributed by atoms with E-state index >= 15 is 0 Å². The zero-order chi connectivity index (χ0) is 10.8. The van der Waals surface area contributed by atoms with E-state index < -0.39 is 0 Å². The van der Waals surface area contributed by atoms with Crippen molar-refractivity contribution >= 4 is 11.8 Å². The zero-order valence-corrected chi connectivity index (χ0v) is 9.24. The minimum atomic E-state index is 0.215. The summed E-state index contributed by atoms with van der Waals surface area (Å²) in [6, 6.07) is 0.287. The van der Waals surface area contributed by atoms with Gasteiger partial charge >= 0.3 is 0 Å². The summed E-state index contributed by atoms with van der Waals surface area (Å²) in [6.07, 6.45) is 3.30. The number of carbonyl (C=O) groups is 2. The first-order valence-electron chi connectivity index (χ1n) is 5.79. The van der Waals surface area contributed by atoms with Gasteiger partial charge in [0.25, 0.3) is 0 Å². The highest BCUT2D eigenvalue weighted by Gasteiger charge is 2.33. The van der Waals surface area contributed by atoms with E-state index in [4.69, 9.17) is 0 Å². The van der Waals surface area contributed by atoms with E-state index in [0.29, 0.717) is 12.8 Å². The van der Waals surface area contributed by atoms with Crippen molar-refractivity contribution in [1.82, 2.24) is 9.80 Å². The van der Waals surface area contributed by atoms with Gasteiger partial charge in [-0.3, -0.25) is 9.59 Å². The second-order valence-corrected chi connectivity index (χ2v) is 4.33. The minimum Gasteiger partial charge on any atom is -0.339 e. The molecule has 2 saturated heterocycles.